The van der Waals surface area contributed by atoms with Crippen molar-refractivity contribution in [2.45, 2.75) is 51.3 Å². The molecule has 0 aliphatic heterocycles. The van der Waals surface area contributed by atoms with E-state index in [1.54, 1.807) is 13.0 Å². The Hall–Kier alpha value is -0.600. The summed E-state index contributed by atoms with van der Waals surface area (Å²) in [4.78, 5) is 0. The molecule has 0 spiro atoms. The first-order chi connectivity index (χ1) is 6.47. The van der Waals surface area contributed by atoms with Crippen molar-refractivity contribution in [3.05, 3.63) is 0 Å². The van der Waals surface area contributed by atoms with Crippen LogP contribution in [0.1, 0.15) is 40.0 Å². The highest BCUT2D eigenvalue weighted by Gasteiger charge is 2.24. The highest BCUT2D eigenvalue weighted by Crippen LogP contribution is 2.05. The molecule has 82 valence electrons. The van der Waals surface area contributed by atoms with E-state index in [0.29, 0.717) is 6.42 Å². The molecule has 5 heteroatoms. The molecule has 0 amide bonds. The molecule has 1 N–H and O–H groups in total. The molecule has 0 bridgehead atoms. The van der Waals surface area contributed by atoms with Crippen LogP contribution in [0.3, 0.4) is 0 Å². The molecular weight excluding hydrogens is 200 g/mol. The first-order valence-electron chi connectivity index (χ1n) is 4.88. The second-order valence-electron chi connectivity index (χ2n) is 3.38. The Morgan fingerprint density at radius 3 is 2.36 bits per heavy atom. The van der Waals surface area contributed by atoms with Crippen molar-refractivity contribution in [1.82, 2.24) is 4.72 Å². The lowest BCUT2D eigenvalue weighted by Crippen LogP contribution is -2.38. The van der Waals surface area contributed by atoms with E-state index in [9.17, 15) is 8.42 Å². The zero-order valence-electron chi connectivity index (χ0n) is 8.95. The fraction of sp³-hybridized carbons (Fsp3) is 0.889. The molecule has 2 atom stereocenters. The van der Waals surface area contributed by atoms with Gasteiger partial charge in [0.25, 0.3) is 0 Å². The van der Waals surface area contributed by atoms with Crippen LogP contribution in [-0.2, 0) is 10.0 Å². The predicted molar refractivity (Wildman–Crippen MR) is 56.1 cm³/mol. The summed E-state index contributed by atoms with van der Waals surface area (Å²) in [5, 5.41) is 7.71. The lowest BCUT2D eigenvalue weighted by atomic mass is 10.2. The van der Waals surface area contributed by atoms with Crippen molar-refractivity contribution in [3.8, 4) is 6.07 Å². The third-order valence-electron chi connectivity index (χ3n) is 1.98. The van der Waals surface area contributed by atoms with Gasteiger partial charge < -0.3 is 0 Å². The minimum absolute atomic E-state index is 0.0904. The number of nitriles is 1. The van der Waals surface area contributed by atoms with Crippen LogP contribution in [0.2, 0.25) is 0 Å². The SMILES string of the molecule is CCCC(C)NS(=O)(=O)C(C#N)CC. The predicted octanol–water partition coefficient (Wildman–Crippen LogP) is 1.40. The molecule has 0 fully saturated rings. The third kappa shape index (κ3) is 4.07. The monoisotopic (exact) mass is 218 g/mol. The van der Waals surface area contributed by atoms with Gasteiger partial charge in [0.2, 0.25) is 10.0 Å². The summed E-state index contributed by atoms with van der Waals surface area (Å²) in [5.74, 6) is 0. The summed E-state index contributed by atoms with van der Waals surface area (Å²) in [7, 11) is -3.46. The fourth-order valence-electron chi connectivity index (χ4n) is 1.23. The molecule has 0 aliphatic rings. The van der Waals surface area contributed by atoms with Crippen molar-refractivity contribution >= 4 is 10.0 Å². The molecular formula is C9H18N2O2S. The first kappa shape index (κ1) is 13.4. The second kappa shape index (κ2) is 5.99. The van der Waals surface area contributed by atoms with E-state index in [0.717, 1.165) is 12.8 Å². The van der Waals surface area contributed by atoms with Gasteiger partial charge in [-0.05, 0) is 19.8 Å². The number of nitrogens with zero attached hydrogens (tertiary/aromatic N) is 1. The Bertz CT molecular complexity index is 292. The smallest absolute Gasteiger partial charge is 0.211 e. The molecule has 2 unspecified atom stereocenters. The van der Waals surface area contributed by atoms with E-state index in [1.807, 2.05) is 13.8 Å². The van der Waals surface area contributed by atoms with Crippen LogP contribution in [0.15, 0.2) is 0 Å². The lowest BCUT2D eigenvalue weighted by Gasteiger charge is -2.15. The Morgan fingerprint density at radius 1 is 1.43 bits per heavy atom. The minimum Gasteiger partial charge on any atom is -0.211 e. The maximum absolute atomic E-state index is 11.5. The first-order valence-corrected chi connectivity index (χ1v) is 6.43. The minimum atomic E-state index is -3.46. The standard InChI is InChI=1S/C9H18N2O2S/c1-4-6-8(3)11-14(12,13)9(5-2)7-10/h8-9,11H,4-6H2,1-3H3. The van der Waals surface area contributed by atoms with Crippen molar-refractivity contribution in [1.29, 1.82) is 5.26 Å². The number of hydrogen-bond acceptors (Lipinski definition) is 3. The van der Waals surface area contributed by atoms with E-state index in [-0.39, 0.29) is 6.04 Å². The zero-order chi connectivity index (χ0) is 11.2. The topological polar surface area (TPSA) is 70.0 Å². The average Bonchev–Trinajstić information content (AvgIpc) is 2.04. The van der Waals surface area contributed by atoms with E-state index in [2.05, 4.69) is 4.72 Å². The van der Waals surface area contributed by atoms with E-state index < -0.39 is 15.3 Å². The summed E-state index contributed by atoms with van der Waals surface area (Å²) in [6.07, 6.45) is 2.04. The molecule has 0 heterocycles. The molecule has 0 rings (SSSR count). The second-order valence-corrected chi connectivity index (χ2v) is 5.27. The maximum atomic E-state index is 11.5. The van der Waals surface area contributed by atoms with Gasteiger partial charge in [-0.15, -0.1) is 0 Å². The maximum Gasteiger partial charge on any atom is 0.228 e. The van der Waals surface area contributed by atoms with Gasteiger partial charge in [-0.2, -0.15) is 5.26 Å². The van der Waals surface area contributed by atoms with E-state index >= 15 is 0 Å². The van der Waals surface area contributed by atoms with Crippen molar-refractivity contribution < 1.29 is 8.42 Å². The van der Waals surface area contributed by atoms with Gasteiger partial charge in [0.1, 0.15) is 0 Å². The number of nitrogens with one attached hydrogen (secondary N) is 1. The van der Waals surface area contributed by atoms with Gasteiger partial charge in [-0.1, -0.05) is 20.3 Å². The number of hydrogen-bond donors (Lipinski definition) is 1. The molecule has 0 aromatic rings. The van der Waals surface area contributed by atoms with Gasteiger partial charge >= 0.3 is 0 Å². The Kier molecular flexibility index (Phi) is 5.73. The normalized spacial score (nSPS) is 15.9. The Morgan fingerprint density at radius 2 is 2.00 bits per heavy atom. The molecule has 4 nitrogen and oxygen atoms in total. The molecule has 0 aliphatic carbocycles. The Labute approximate surface area is 86.4 Å². The highest BCUT2D eigenvalue weighted by atomic mass is 32.2. The van der Waals surface area contributed by atoms with Gasteiger partial charge in [-0.25, -0.2) is 13.1 Å². The van der Waals surface area contributed by atoms with Crippen molar-refractivity contribution in [2.75, 3.05) is 0 Å². The fourth-order valence-corrected chi connectivity index (χ4v) is 2.66. The van der Waals surface area contributed by atoms with Crippen LogP contribution < -0.4 is 4.72 Å². The van der Waals surface area contributed by atoms with Gasteiger partial charge in [0, 0.05) is 6.04 Å². The molecule has 0 saturated heterocycles. The van der Waals surface area contributed by atoms with Crippen LogP contribution >= 0.6 is 0 Å². The van der Waals surface area contributed by atoms with Crippen molar-refractivity contribution in [2.24, 2.45) is 0 Å². The summed E-state index contributed by atoms with van der Waals surface area (Å²) >= 11 is 0. The Balaban J connectivity index is 4.42. The van der Waals surface area contributed by atoms with Crippen LogP contribution in [0.4, 0.5) is 0 Å². The summed E-state index contributed by atoms with van der Waals surface area (Å²) in [5.41, 5.74) is 0. The molecule has 0 radical (unpaired) electrons. The highest BCUT2D eigenvalue weighted by molar-refractivity contribution is 7.90. The molecule has 0 aromatic heterocycles. The van der Waals surface area contributed by atoms with Crippen LogP contribution in [0.25, 0.3) is 0 Å². The quantitative estimate of drug-likeness (QED) is 0.732. The molecule has 0 aromatic carbocycles. The largest absolute Gasteiger partial charge is 0.228 e. The number of sulfonamides is 1. The molecule has 14 heavy (non-hydrogen) atoms. The van der Waals surface area contributed by atoms with Crippen molar-refractivity contribution in [3.63, 3.8) is 0 Å². The van der Waals surface area contributed by atoms with E-state index in [4.69, 9.17) is 5.26 Å². The van der Waals surface area contributed by atoms with Crippen LogP contribution in [-0.4, -0.2) is 19.7 Å². The van der Waals surface area contributed by atoms with Crippen LogP contribution in [0, 0.1) is 11.3 Å². The average molecular weight is 218 g/mol. The third-order valence-corrected chi connectivity index (χ3v) is 3.90. The van der Waals surface area contributed by atoms with Gasteiger partial charge in [0.05, 0.1) is 6.07 Å². The van der Waals surface area contributed by atoms with Gasteiger partial charge in [0.15, 0.2) is 5.25 Å². The summed E-state index contributed by atoms with van der Waals surface area (Å²) < 4.78 is 25.6. The summed E-state index contributed by atoms with van der Waals surface area (Å²) in [6.45, 7) is 5.50. The zero-order valence-corrected chi connectivity index (χ0v) is 9.76. The van der Waals surface area contributed by atoms with Gasteiger partial charge in [-0.3, -0.25) is 0 Å². The lowest BCUT2D eigenvalue weighted by molar-refractivity contribution is 0.537. The molecule has 0 saturated carbocycles. The number of rotatable bonds is 6. The van der Waals surface area contributed by atoms with E-state index in [1.165, 1.54) is 0 Å². The summed E-state index contributed by atoms with van der Waals surface area (Å²) in [6, 6.07) is 1.70. The van der Waals surface area contributed by atoms with Crippen LogP contribution in [0.5, 0.6) is 0 Å².